The van der Waals surface area contributed by atoms with Crippen LogP contribution in [-0.4, -0.2) is 35.2 Å². The third-order valence-electron chi connectivity index (χ3n) is 6.13. The molecule has 0 aliphatic heterocycles. The smallest absolute Gasteiger partial charge is 0.325 e. The zero-order valence-electron chi connectivity index (χ0n) is 21.7. The topological polar surface area (TPSA) is 119 Å². The number of amides is 2. The van der Waals surface area contributed by atoms with Gasteiger partial charge in [0, 0.05) is 29.5 Å². The van der Waals surface area contributed by atoms with Crippen molar-refractivity contribution in [2.75, 3.05) is 16.9 Å². The van der Waals surface area contributed by atoms with Gasteiger partial charge in [-0.15, -0.1) is 0 Å². The van der Waals surface area contributed by atoms with E-state index in [4.69, 9.17) is 4.52 Å². The van der Waals surface area contributed by atoms with E-state index in [1.165, 1.54) is 18.4 Å². The minimum atomic E-state index is -3.28. The van der Waals surface area contributed by atoms with Gasteiger partial charge in [-0.05, 0) is 47.5 Å². The number of pyridine rings is 1. The molecule has 9 nitrogen and oxygen atoms in total. The minimum Gasteiger partial charge on any atom is -0.359 e. The molecule has 2 N–H and O–H groups in total. The third-order valence-corrected chi connectivity index (χ3v) is 7.26. The van der Waals surface area contributed by atoms with Crippen LogP contribution >= 0.6 is 0 Å². The summed E-state index contributed by atoms with van der Waals surface area (Å²) in [4.78, 5) is 17.1. The second-order valence-electron chi connectivity index (χ2n) is 10.2. The zero-order valence-corrected chi connectivity index (χ0v) is 22.5. The molecular formula is C28H26FN5O4S. The van der Waals surface area contributed by atoms with E-state index in [1.807, 2.05) is 43.5 Å². The monoisotopic (exact) mass is 547 g/mol. The number of fused-ring (bicyclic) bond motifs is 1. The summed E-state index contributed by atoms with van der Waals surface area (Å²) >= 11 is 0. The number of anilines is 2. The average molecular weight is 548 g/mol. The fourth-order valence-electron chi connectivity index (χ4n) is 4.00. The highest BCUT2D eigenvalue weighted by molar-refractivity contribution is 7.90. The predicted octanol–water partition coefficient (Wildman–Crippen LogP) is 6.14. The summed E-state index contributed by atoms with van der Waals surface area (Å²) in [5.74, 6) is 0.222. The number of aromatic nitrogens is 3. The molecule has 39 heavy (non-hydrogen) atoms. The number of rotatable bonds is 5. The van der Waals surface area contributed by atoms with Gasteiger partial charge >= 0.3 is 6.03 Å². The van der Waals surface area contributed by atoms with E-state index in [0.29, 0.717) is 22.7 Å². The third kappa shape index (κ3) is 5.53. The zero-order chi connectivity index (χ0) is 27.9. The number of hydrogen-bond donors (Lipinski definition) is 2. The molecule has 0 aliphatic carbocycles. The number of carbonyl (C=O) groups excluding carboxylic acids is 1. The summed E-state index contributed by atoms with van der Waals surface area (Å²) in [5, 5.41) is 8.86. The first-order chi connectivity index (χ1) is 18.4. The Morgan fingerprint density at radius 2 is 1.67 bits per heavy atom. The Morgan fingerprint density at radius 3 is 2.31 bits per heavy atom. The first-order valence-electron chi connectivity index (χ1n) is 12.0. The van der Waals surface area contributed by atoms with Gasteiger partial charge in [0.25, 0.3) is 0 Å². The van der Waals surface area contributed by atoms with Crippen LogP contribution in [0.15, 0.2) is 82.5 Å². The molecule has 3 heterocycles. The van der Waals surface area contributed by atoms with E-state index >= 15 is 0 Å². The van der Waals surface area contributed by atoms with Gasteiger partial charge in [0.2, 0.25) is 0 Å². The first kappa shape index (κ1) is 26.1. The lowest BCUT2D eigenvalue weighted by Gasteiger charge is -2.12. The summed E-state index contributed by atoms with van der Waals surface area (Å²) in [7, 11) is -3.28. The van der Waals surface area contributed by atoms with Crippen LogP contribution in [0.3, 0.4) is 0 Å². The van der Waals surface area contributed by atoms with E-state index in [0.717, 1.165) is 11.1 Å². The molecule has 11 heteroatoms. The van der Waals surface area contributed by atoms with E-state index < -0.39 is 21.7 Å². The second-order valence-corrected chi connectivity index (χ2v) is 12.2. The van der Waals surface area contributed by atoms with E-state index in [2.05, 4.69) is 20.8 Å². The number of sulfone groups is 1. The number of imidazole rings is 1. The first-order valence-corrected chi connectivity index (χ1v) is 13.9. The summed E-state index contributed by atoms with van der Waals surface area (Å²) < 4.78 is 45.5. The van der Waals surface area contributed by atoms with E-state index in [-0.39, 0.29) is 21.8 Å². The Bertz CT molecular complexity index is 1800. The standard InChI is InChI=1S/C28H26FN5O4S/c1-28(2,3)24-15-25(33-38-24)32-27(35)31-22-10-7-19(13-21(22)29)23-16-30-26-14-18(11-12-34(23)26)17-5-8-20(9-6-17)39(4,36)37/h5-16H,1-4H3,(H2,31,32,33,35). The number of hydrogen-bond acceptors (Lipinski definition) is 6. The normalized spacial score (nSPS) is 12.0. The van der Waals surface area contributed by atoms with E-state index in [1.54, 1.807) is 42.6 Å². The molecular weight excluding hydrogens is 521 g/mol. The highest BCUT2D eigenvalue weighted by Crippen LogP contribution is 2.29. The fraction of sp³-hybridized carbons (Fsp3) is 0.179. The number of nitrogens with one attached hydrogen (secondary N) is 2. The molecule has 2 aromatic carbocycles. The molecule has 0 spiro atoms. The Morgan fingerprint density at radius 1 is 0.949 bits per heavy atom. The van der Waals surface area contributed by atoms with Crippen molar-refractivity contribution in [3.8, 4) is 22.4 Å². The highest BCUT2D eigenvalue weighted by atomic mass is 32.2. The predicted molar refractivity (Wildman–Crippen MR) is 147 cm³/mol. The summed E-state index contributed by atoms with van der Waals surface area (Å²) in [6.07, 6.45) is 4.62. The molecule has 0 saturated carbocycles. The van der Waals surface area contributed by atoms with Gasteiger partial charge in [-0.2, -0.15) is 0 Å². The van der Waals surface area contributed by atoms with Gasteiger partial charge < -0.3 is 9.84 Å². The van der Waals surface area contributed by atoms with Crippen LogP contribution < -0.4 is 10.6 Å². The molecule has 0 aliphatic rings. The molecule has 0 unspecified atom stereocenters. The number of carbonyl (C=O) groups is 1. The molecule has 3 aromatic heterocycles. The molecule has 0 saturated heterocycles. The van der Waals surface area contributed by atoms with Crippen LogP contribution in [0.4, 0.5) is 20.7 Å². The molecule has 0 fully saturated rings. The Kier molecular flexibility index (Phi) is 6.47. The molecule has 5 aromatic rings. The minimum absolute atomic E-state index is 0.00411. The maximum atomic E-state index is 15.0. The van der Waals surface area contributed by atoms with Crippen molar-refractivity contribution in [2.45, 2.75) is 31.1 Å². The van der Waals surface area contributed by atoms with Gasteiger partial charge in [-0.3, -0.25) is 9.72 Å². The number of nitrogens with zero attached hydrogens (tertiary/aromatic N) is 3. The lowest BCUT2D eigenvalue weighted by Crippen LogP contribution is -2.20. The largest absolute Gasteiger partial charge is 0.359 e. The molecule has 0 bridgehead atoms. The van der Waals surface area contributed by atoms with E-state index in [9.17, 15) is 17.6 Å². The molecule has 2 amide bonds. The van der Waals surface area contributed by atoms with Crippen molar-refractivity contribution >= 4 is 33.0 Å². The SMILES string of the molecule is CC(C)(C)c1cc(NC(=O)Nc2ccc(-c3cnc4cc(-c5ccc(S(C)(=O)=O)cc5)ccn34)cc2F)no1. The van der Waals surface area contributed by atoms with Crippen molar-refractivity contribution in [3.63, 3.8) is 0 Å². The number of urea groups is 1. The molecule has 5 rings (SSSR count). The Labute approximate surface area is 224 Å². The quantitative estimate of drug-likeness (QED) is 0.273. The molecule has 0 radical (unpaired) electrons. The van der Waals surface area contributed by atoms with Crippen LogP contribution in [0.2, 0.25) is 0 Å². The van der Waals surface area contributed by atoms with Crippen molar-refractivity contribution in [1.82, 2.24) is 14.5 Å². The van der Waals surface area contributed by atoms with Crippen LogP contribution in [-0.2, 0) is 15.3 Å². The summed E-state index contributed by atoms with van der Waals surface area (Å²) in [5.41, 5.74) is 3.31. The summed E-state index contributed by atoms with van der Waals surface area (Å²) in [6.45, 7) is 5.87. The van der Waals surface area contributed by atoms with Crippen LogP contribution in [0.1, 0.15) is 26.5 Å². The highest BCUT2D eigenvalue weighted by Gasteiger charge is 2.20. The van der Waals surface area contributed by atoms with Crippen LogP contribution in [0, 0.1) is 5.82 Å². The van der Waals surface area contributed by atoms with Gasteiger partial charge in [0.1, 0.15) is 17.2 Å². The molecule has 200 valence electrons. The van der Waals surface area contributed by atoms with Crippen LogP contribution in [0.25, 0.3) is 28.0 Å². The second kappa shape index (κ2) is 9.66. The fourth-order valence-corrected chi connectivity index (χ4v) is 4.63. The van der Waals surface area contributed by atoms with Crippen molar-refractivity contribution < 1.29 is 22.1 Å². The lowest BCUT2D eigenvalue weighted by molar-refractivity contribution is 0.261. The Hall–Kier alpha value is -4.51. The van der Waals surface area contributed by atoms with Crippen molar-refractivity contribution in [1.29, 1.82) is 0 Å². The maximum absolute atomic E-state index is 15.0. The summed E-state index contributed by atoms with van der Waals surface area (Å²) in [6, 6.07) is 15.8. The average Bonchev–Trinajstić information content (AvgIpc) is 3.52. The van der Waals surface area contributed by atoms with Crippen molar-refractivity contribution in [2.24, 2.45) is 0 Å². The van der Waals surface area contributed by atoms with Crippen LogP contribution in [0.5, 0.6) is 0 Å². The maximum Gasteiger partial charge on any atom is 0.325 e. The van der Waals surface area contributed by atoms with Gasteiger partial charge in [-0.1, -0.05) is 44.1 Å². The number of benzene rings is 2. The molecule has 0 atom stereocenters. The Balaban J connectivity index is 1.33. The van der Waals surface area contributed by atoms with Gasteiger partial charge in [-0.25, -0.2) is 22.6 Å². The lowest BCUT2D eigenvalue weighted by atomic mass is 9.93. The van der Waals surface area contributed by atoms with Gasteiger partial charge in [0.15, 0.2) is 15.7 Å². The van der Waals surface area contributed by atoms with Crippen molar-refractivity contribution in [3.05, 3.63) is 84.6 Å². The number of halogens is 1. The van der Waals surface area contributed by atoms with Gasteiger partial charge in [0.05, 0.1) is 22.5 Å².